The zero-order chi connectivity index (χ0) is 14.4. The minimum atomic E-state index is 0.738. The number of nitrogens with one attached hydrogen (secondary N) is 1. The van der Waals surface area contributed by atoms with Crippen molar-refractivity contribution in [1.29, 1.82) is 0 Å². The summed E-state index contributed by atoms with van der Waals surface area (Å²) < 4.78 is 0. The van der Waals surface area contributed by atoms with E-state index in [1.165, 1.54) is 43.5 Å². The molecule has 1 heterocycles. The van der Waals surface area contributed by atoms with E-state index in [0.29, 0.717) is 0 Å². The van der Waals surface area contributed by atoms with E-state index in [1.807, 2.05) is 0 Å². The Kier molecular flexibility index (Phi) is 6.06. The Bertz CT molecular complexity index is 383. The van der Waals surface area contributed by atoms with Crippen molar-refractivity contribution in [2.24, 2.45) is 11.8 Å². The summed E-state index contributed by atoms with van der Waals surface area (Å²) in [7, 11) is 2.24. The van der Waals surface area contributed by atoms with E-state index >= 15 is 0 Å². The second-order valence-corrected chi connectivity index (χ2v) is 6.82. The first-order valence-corrected chi connectivity index (χ1v) is 8.10. The van der Waals surface area contributed by atoms with Crippen LogP contribution in [0.5, 0.6) is 0 Å². The van der Waals surface area contributed by atoms with Crippen LogP contribution in [0.2, 0.25) is 0 Å². The van der Waals surface area contributed by atoms with Gasteiger partial charge in [0.2, 0.25) is 0 Å². The van der Waals surface area contributed by atoms with Gasteiger partial charge in [-0.3, -0.25) is 0 Å². The zero-order valence-corrected chi connectivity index (χ0v) is 13.4. The van der Waals surface area contributed by atoms with Gasteiger partial charge in [0.25, 0.3) is 0 Å². The molecule has 1 atom stereocenters. The van der Waals surface area contributed by atoms with Gasteiger partial charge >= 0.3 is 0 Å². The van der Waals surface area contributed by atoms with E-state index in [1.54, 1.807) is 0 Å². The maximum absolute atomic E-state index is 3.63. The molecular formula is C18H30N2. The number of nitrogens with zero attached hydrogens (tertiary/aromatic N) is 1. The molecule has 1 unspecified atom stereocenters. The Hall–Kier alpha value is -0.860. The van der Waals surface area contributed by atoms with Gasteiger partial charge < -0.3 is 10.2 Å². The van der Waals surface area contributed by atoms with Gasteiger partial charge in [0.1, 0.15) is 0 Å². The lowest BCUT2D eigenvalue weighted by Crippen LogP contribution is -2.37. The quantitative estimate of drug-likeness (QED) is 0.856. The summed E-state index contributed by atoms with van der Waals surface area (Å²) in [5.74, 6) is 1.57. The topological polar surface area (TPSA) is 15.3 Å². The van der Waals surface area contributed by atoms with Gasteiger partial charge in [-0.2, -0.15) is 0 Å². The molecule has 0 spiro atoms. The summed E-state index contributed by atoms with van der Waals surface area (Å²) in [5, 5.41) is 3.63. The third kappa shape index (κ3) is 5.26. The summed E-state index contributed by atoms with van der Waals surface area (Å²) in [6.07, 6.45) is 3.92. The molecule has 0 amide bonds. The normalized spacial score (nSPS) is 20.5. The molecule has 0 radical (unpaired) electrons. The molecule has 0 aromatic heterocycles. The van der Waals surface area contributed by atoms with Gasteiger partial charge in [0.05, 0.1) is 0 Å². The molecule has 1 N–H and O–H groups in total. The minimum absolute atomic E-state index is 0.738. The van der Waals surface area contributed by atoms with Crippen LogP contribution in [-0.2, 0) is 13.0 Å². The first-order valence-electron chi connectivity index (χ1n) is 8.10. The summed E-state index contributed by atoms with van der Waals surface area (Å²) in [6.45, 7) is 9.22. The molecule has 1 aliphatic rings. The van der Waals surface area contributed by atoms with Gasteiger partial charge in [-0.25, -0.2) is 0 Å². The Balaban J connectivity index is 1.71. The predicted molar refractivity (Wildman–Crippen MR) is 86.9 cm³/mol. The van der Waals surface area contributed by atoms with Crippen LogP contribution < -0.4 is 5.32 Å². The molecule has 0 saturated carbocycles. The highest BCUT2D eigenvalue weighted by Gasteiger charge is 2.16. The minimum Gasteiger partial charge on any atom is -0.312 e. The summed E-state index contributed by atoms with van der Waals surface area (Å²) in [6, 6.07) is 9.12. The van der Waals surface area contributed by atoms with Crippen molar-refractivity contribution in [2.45, 2.75) is 39.7 Å². The molecule has 0 bridgehead atoms. The molecule has 20 heavy (non-hydrogen) atoms. The van der Waals surface area contributed by atoms with Crippen LogP contribution >= 0.6 is 0 Å². The van der Waals surface area contributed by atoms with E-state index in [4.69, 9.17) is 0 Å². The lowest BCUT2D eigenvalue weighted by atomic mass is 9.98. The van der Waals surface area contributed by atoms with Crippen molar-refractivity contribution in [3.8, 4) is 0 Å². The maximum atomic E-state index is 3.63. The van der Waals surface area contributed by atoms with Crippen LogP contribution in [0.4, 0.5) is 0 Å². The van der Waals surface area contributed by atoms with Crippen molar-refractivity contribution in [3.63, 3.8) is 0 Å². The Morgan fingerprint density at radius 1 is 1.20 bits per heavy atom. The monoisotopic (exact) mass is 274 g/mol. The van der Waals surface area contributed by atoms with Gasteiger partial charge in [-0.15, -0.1) is 0 Å². The molecule has 0 aliphatic carbocycles. The van der Waals surface area contributed by atoms with Crippen LogP contribution in [-0.4, -0.2) is 31.6 Å². The summed E-state index contributed by atoms with van der Waals surface area (Å²) in [5.41, 5.74) is 2.86. The molecular weight excluding hydrogens is 244 g/mol. The summed E-state index contributed by atoms with van der Waals surface area (Å²) in [4.78, 5) is 2.45. The number of rotatable bonds is 6. The molecule has 1 saturated heterocycles. The lowest BCUT2D eigenvalue weighted by molar-refractivity contribution is 0.206. The highest BCUT2D eigenvalue weighted by atomic mass is 15.1. The third-order valence-electron chi connectivity index (χ3n) is 4.15. The van der Waals surface area contributed by atoms with Crippen molar-refractivity contribution in [3.05, 3.63) is 35.4 Å². The number of likely N-dealkylation sites (tertiary alicyclic amines) is 1. The fraction of sp³-hybridized carbons (Fsp3) is 0.667. The molecule has 1 aliphatic heterocycles. The van der Waals surface area contributed by atoms with Crippen molar-refractivity contribution >= 4 is 0 Å². The number of piperidine rings is 1. The maximum Gasteiger partial charge on any atom is 0.0205 e. The largest absolute Gasteiger partial charge is 0.312 e. The number of hydrogen-bond acceptors (Lipinski definition) is 2. The molecule has 1 aromatic rings. The molecule has 1 aromatic carbocycles. The van der Waals surface area contributed by atoms with E-state index in [0.717, 1.165) is 24.9 Å². The fourth-order valence-electron chi connectivity index (χ4n) is 3.13. The molecule has 2 nitrogen and oxygen atoms in total. The lowest BCUT2D eigenvalue weighted by Gasteiger charge is -2.29. The van der Waals surface area contributed by atoms with Crippen LogP contribution in [0, 0.1) is 11.8 Å². The van der Waals surface area contributed by atoms with E-state index < -0.39 is 0 Å². The Morgan fingerprint density at radius 2 is 1.90 bits per heavy atom. The first kappa shape index (κ1) is 15.5. The van der Waals surface area contributed by atoms with Crippen LogP contribution in [0.1, 0.15) is 37.8 Å². The van der Waals surface area contributed by atoms with Gasteiger partial charge in [-0.05, 0) is 62.4 Å². The SMILES string of the molecule is CC(C)Cc1ccc(CNCC2CCCN(C)C2)cc1. The van der Waals surface area contributed by atoms with Crippen LogP contribution in [0.25, 0.3) is 0 Å². The van der Waals surface area contributed by atoms with Crippen molar-refractivity contribution in [1.82, 2.24) is 10.2 Å². The first-order chi connectivity index (χ1) is 9.63. The molecule has 2 heteroatoms. The average molecular weight is 274 g/mol. The molecule has 112 valence electrons. The van der Waals surface area contributed by atoms with Crippen molar-refractivity contribution < 1.29 is 0 Å². The standard InChI is InChI=1S/C18H30N2/c1-15(2)11-16-6-8-17(9-7-16)12-19-13-18-5-4-10-20(3)14-18/h6-9,15,18-19H,4-5,10-14H2,1-3H3. The fourth-order valence-corrected chi connectivity index (χ4v) is 3.13. The predicted octanol–water partition coefficient (Wildman–Crippen LogP) is 3.32. The zero-order valence-electron chi connectivity index (χ0n) is 13.4. The Morgan fingerprint density at radius 3 is 2.55 bits per heavy atom. The van der Waals surface area contributed by atoms with Crippen LogP contribution in [0.15, 0.2) is 24.3 Å². The van der Waals surface area contributed by atoms with Crippen LogP contribution in [0.3, 0.4) is 0 Å². The highest BCUT2D eigenvalue weighted by Crippen LogP contribution is 2.14. The van der Waals surface area contributed by atoms with Crippen molar-refractivity contribution in [2.75, 3.05) is 26.7 Å². The van der Waals surface area contributed by atoms with E-state index in [2.05, 4.69) is 55.4 Å². The van der Waals surface area contributed by atoms with E-state index in [-0.39, 0.29) is 0 Å². The Labute approximate surface area is 124 Å². The smallest absolute Gasteiger partial charge is 0.0205 e. The highest BCUT2D eigenvalue weighted by molar-refractivity contribution is 5.22. The third-order valence-corrected chi connectivity index (χ3v) is 4.15. The van der Waals surface area contributed by atoms with E-state index in [9.17, 15) is 0 Å². The molecule has 2 rings (SSSR count). The average Bonchev–Trinajstić information content (AvgIpc) is 2.40. The number of benzene rings is 1. The summed E-state index contributed by atoms with van der Waals surface area (Å²) >= 11 is 0. The second kappa shape index (κ2) is 7.80. The van der Waals surface area contributed by atoms with Gasteiger partial charge in [0.15, 0.2) is 0 Å². The van der Waals surface area contributed by atoms with Gasteiger partial charge in [0, 0.05) is 13.1 Å². The second-order valence-electron chi connectivity index (χ2n) is 6.82. The number of hydrogen-bond donors (Lipinski definition) is 1. The van der Waals surface area contributed by atoms with Gasteiger partial charge in [-0.1, -0.05) is 38.1 Å². The molecule has 1 fully saturated rings.